The maximum atomic E-state index is 11.4. The lowest BCUT2D eigenvalue weighted by Crippen LogP contribution is -2.23. The van der Waals surface area contributed by atoms with Crippen LogP contribution in [0.2, 0.25) is 0 Å². The summed E-state index contributed by atoms with van der Waals surface area (Å²) in [6.45, 7) is 5.65. The van der Waals surface area contributed by atoms with Crippen molar-refractivity contribution in [3.8, 4) is 0 Å². The van der Waals surface area contributed by atoms with Gasteiger partial charge in [0.15, 0.2) is 0 Å². The molecule has 0 fully saturated rings. The molecule has 2 N–H and O–H groups in total. The van der Waals surface area contributed by atoms with Crippen molar-refractivity contribution in [3.05, 3.63) is 65.8 Å². The van der Waals surface area contributed by atoms with Crippen molar-refractivity contribution in [2.45, 2.75) is 19.9 Å². The molecule has 4 nitrogen and oxygen atoms in total. The maximum absolute atomic E-state index is 11.4. The van der Waals surface area contributed by atoms with Gasteiger partial charge in [0.1, 0.15) is 5.82 Å². The van der Waals surface area contributed by atoms with Crippen molar-refractivity contribution >= 4 is 5.91 Å². The molecule has 2 rings (SSSR count). The number of nitrogens with one attached hydrogen (secondary N) is 2. The topological polar surface area (TPSA) is 57.8 Å². The molecule has 1 amide bonds. The number of H-pyrrole nitrogens is 1. The number of hydrogen-bond donors (Lipinski definition) is 2. The van der Waals surface area contributed by atoms with Crippen LogP contribution in [0.1, 0.15) is 24.0 Å². The molecular formula is C15H17N3O. The van der Waals surface area contributed by atoms with Crippen molar-refractivity contribution in [2.75, 3.05) is 0 Å². The van der Waals surface area contributed by atoms with E-state index in [2.05, 4.69) is 34.0 Å². The van der Waals surface area contributed by atoms with Crippen LogP contribution in [0.25, 0.3) is 0 Å². The lowest BCUT2D eigenvalue weighted by atomic mass is 10.1. The number of imidazole rings is 1. The molecule has 98 valence electrons. The Balaban J connectivity index is 1.92. The Morgan fingerprint density at radius 3 is 2.79 bits per heavy atom. The number of carbonyl (C=O) groups is 1. The summed E-state index contributed by atoms with van der Waals surface area (Å²) in [7, 11) is 0. The van der Waals surface area contributed by atoms with Crippen LogP contribution in [0.3, 0.4) is 0 Å². The highest BCUT2D eigenvalue weighted by atomic mass is 16.1. The average Bonchev–Trinajstić information content (AvgIpc) is 2.84. The van der Waals surface area contributed by atoms with Crippen molar-refractivity contribution in [1.29, 1.82) is 0 Å². The summed E-state index contributed by atoms with van der Waals surface area (Å²) < 4.78 is 0. The molecule has 4 heteroatoms. The summed E-state index contributed by atoms with van der Waals surface area (Å²) in [5.41, 5.74) is 2.76. The fourth-order valence-corrected chi connectivity index (χ4v) is 1.72. The van der Waals surface area contributed by atoms with E-state index in [-0.39, 0.29) is 5.91 Å². The fourth-order valence-electron chi connectivity index (χ4n) is 1.72. The van der Waals surface area contributed by atoms with Gasteiger partial charge in [-0.1, -0.05) is 36.9 Å². The predicted octanol–water partition coefficient (Wildman–Crippen LogP) is 2.19. The molecule has 1 aromatic heterocycles. The first kappa shape index (κ1) is 13.1. The van der Waals surface area contributed by atoms with Gasteiger partial charge in [0, 0.05) is 23.9 Å². The van der Waals surface area contributed by atoms with Gasteiger partial charge < -0.3 is 10.3 Å². The van der Waals surface area contributed by atoms with Crippen molar-refractivity contribution in [1.82, 2.24) is 15.3 Å². The van der Waals surface area contributed by atoms with Gasteiger partial charge in [0.2, 0.25) is 5.91 Å². The van der Waals surface area contributed by atoms with E-state index in [4.69, 9.17) is 0 Å². The standard InChI is InChI=1S/C15H17N3O/c1-11(2)15(19)17-10-14-16-9-13(18-14)8-12-6-4-3-5-7-12/h3-7,9H,1,8,10H2,2H3,(H,16,18)(H,17,19). The first-order valence-corrected chi connectivity index (χ1v) is 6.15. The number of hydrogen-bond acceptors (Lipinski definition) is 2. The molecule has 0 saturated heterocycles. The summed E-state index contributed by atoms with van der Waals surface area (Å²) in [4.78, 5) is 18.8. The van der Waals surface area contributed by atoms with Crippen LogP contribution in [-0.4, -0.2) is 15.9 Å². The summed E-state index contributed by atoms with van der Waals surface area (Å²) in [6.07, 6.45) is 2.61. The fraction of sp³-hybridized carbons (Fsp3) is 0.200. The largest absolute Gasteiger partial charge is 0.345 e. The highest BCUT2D eigenvalue weighted by Crippen LogP contribution is 2.07. The van der Waals surface area contributed by atoms with E-state index in [0.29, 0.717) is 12.1 Å². The second kappa shape index (κ2) is 6.00. The minimum atomic E-state index is -0.152. The second-order valence-corrected chi connectivity index (χ2v) is 4.48. The number of benzene rings is 1. The number of aromatic amines is 1. The number of nitrogens with zero attached hydrogens (tertiary/aromatic N) is 1. The molecule has 0 aliphatic rings. The zero-order valence-electron chi connectivity index (χ0n) is 10.9. The van der Waals surface area contributed by atoms with E-state index >= 15 is 0 Å². The molecule has 19 heavy (non-hydrogen) atoms. The van der Waals surface area contributed by atoms with E-state index in [1.54, 1.807) is 13.1 Å². The van der Waals surface area contributed by atoms with Gasteiger partial charge in [-0.2, -0.15) is 0 Å². The smallest absolute Gasteiger partial charge is 0.246 e. The number of amides is 1. The van der Waals surface area contributed by atoms with E-state index in [9.17, 15) is 4.79 Å². The maximum Gasteiger partial charge on any atom is 0.246 e. The third kappa shape index (κ3) is 3.81. The minimum Gasteiger partial charge on any atom is -0.345 e. The van der Waals surface area contributed by atoms with Gasteiger partial charge in [0.05, 0.1) is 6.54 Å². The molecule has 0 aliphatic heterocycles. The van der Waals surface area contributed by atoms with Crippen LogP contribution in [0.5, 0.6) is 0 Å². The van der Waals surface area contributed by atoms with Crippen molar-refractivity contribution in [3.63, 3.8) is 0 Å². The zero-order valence-corrected chi connectivity index (χ0v) is 10.9. The third-order valence-electron chi connectivity index (χ3n) is 2.72. The van der Waals surface area contributed by atoms with Crippen LogP contribution in [-0.2, 0) is 17.8 Å². The number of aromatic nitrogens is 2. The highest BCUT2D eigenvalue weighted by Gasteiger charge is 2.04. The van der Waals surface area contributed by atoms with E-state index < -0.39 is 0 Å². The molecule has 0 radical (unpaired) electrons. The van der Waals surface area contributed by atoms with Gasteiger partial charge in [-0.3, -0.25) is 4.79 Å². The first-order valence-electron chi connectivity index (χ1n) is 6.15. The number of carbonyl (C=O) groups excluding carboxylic acids is 1. The zero-order chi connectivity index (χ0) is 13.7. The SMILES string of the molecule is C=C(C)C(=O)NCc1ncc(Cc2ccccc2)[nH]1. The Morgan fingerprint density at radius 1 is 1.37 bits per heavy atom. The summed E-state index contributed by atoms with van der Waals surface area (Å²) in [5, 5.41) is 2.74. The Morgan fingerprint density at radius 2 is 2.11 bits per heavy atom. The van der Waals surface area contributed by atoms with E-state index in [1.165, 1.54) is 5.56 Å². The summed E-state index contributed by atoms with van der Waals surface area (Å²) in [6, 6.07) is 10.2. The molecule has 0 atom stereocenters. The molecule has 0 spiro atoms. The summed E-state index contributed by atoms with van der Waals surface area (Å²) >= 11 is 0. The third-order valence-corrected chi connectivity index (χ3v) is 2.72. The molecule has 1 aromatic carbocycles. The van der Waals surface area contributed by atoms with Gasteiger partial charge >= 0.3 is 0 Å². The molecule has 0 bridgehead atoms. The van der Waals surface area contributed by atoms with E-state index in [1.807, 2.05) is 18.2 Å². The van der Waals surface area contributed by atoms with Gasteiger partial charge in [0.25, 0.3) is 0 Å². The Kier molecular flexibility index (Phi) is 4.13. The predicted molar refractivity (Wildman–Crippen MR) is 74.5 cm³/mol. The first-order chi connectivity index (χ1) is 9.15. The van der Waals surface area contributed by atoms with Crippen LogP contribution in [0.15, 0.2) is 48.7 Å². The van der Waals surface area contributed by atoms with Crippen molar-refractivity contribution in [2.24, 2.45) is 0 Å². The Bertz CT molecular complexity index is 572. The molecule has 1 heterocycles. The monoisotopic (exact) mass is 255 g/mol. The van der Waals surface area contributed by atoms with Crippen LogP contribution >= 0.6 is 0 Å². The number of rotatable bonds is 5. The molecular weight excluding hydrogens is 238 g/mol. The molecule has 0 aliphatic carbocycles. The summed E-state index contributed by atoms with van der Waals surface area (Å²) in [5.74, 6) is 0.599. The van der Waals surface area contributed by atoms with Gasteiger partial charge in [-0.15, -0.1) is 0 Å². The minimum absolute atomic E-state index is 0.152. The lowest BCUT2D eigenvalue weighted by molar-refractivity contribution is -0.117. The van der Waals surface area contributed by atoms with E-state index in [0.717, 1.165) is 17.9 Å². The van der Waals surface area contributed by atoms with Crippen LogP contribution < -0.4 is 5.32 Å². The second-order valence-electron chi connectivity index (χ2n) is 4.48. The Hall–Kier alpha value is -2.36. The average molecular weight is 255 g/mol. The van der Waals surface area contributed by atoms with Crippen molar-refractivity contribution < 1.29 is 4.79 Å². The Labute approximate surface area is 112 Å². The normalized spacial score (nSPS) is 10.2. The van der Waals surface area contributed by atoms with Crippen LogP contribution in [0.4, 0.5) is 0 Å². The quantitative estimate of drug-likeness (QED) is 0.805. The van der Waals surface area contributed by atoms with Gasteiger partial charge in [-0.05, 0) is 12.5 Å². The van der Waals surface area contributed by atoms with Gasteiger partial charge in [-0.25, -0.2) is 4.98 Å². The lowest BCUT2D eigenvalue weighted by Gasteiger charge is -2.01. The molecule has 0 saturated carbocycles. The molecule has 0 unspecified atom stereocenters. The highest BCUT2D eigenvalue weighted by molar-refractivity contribution is 5.91. The van der Waals surface area contributed by atoms with Crippen LogP contribution in [0, 0.1) is 0 Å². The molecule has 2 aromatic rings.